The van der Waals surface area contributed by atoms with Crippen molar-refractivity contribution in [2.24, 2.45) is 0 Å². The van der Waals surface area contributed by atoms with Crippen LogP contribution in [0, 0.1) is 0 Å². The number of thioether (sulfide) groups is 1. The molecule has 0 amide bonds. The second-order valence-corrected chi connectivity index (χ2v) is 7.99. The van der Waals surface area contributed by atoms with E-state index in [1.165, 1.54) is 18.9 Å². The van der Waals surface area contributed by atoms with Gasteiger partial charge in [-0.2, -0.15) is 0 Å². The minimum Gasteiger partial charge on any atom is -0.467 e. The maximum absolute atomic E-state index is 13.2. The average Bonchev–Trinajstić information content (AvgIpc) is 3.48. The number of rotatable bonds is 6. The first kappa shape index (κ1) is 20.1. The van der Waals surface area contributed by atoms with Crippen LogP contribution in [-0.4, -0.2) is 32.0 Å². The van der Waals surface area contributed by atoms with Gasteiger partial charge in [0.2, 0.25) is 0 Å². The summed E-state index contributed by atoms with van der Waals surface area (Å²) in [5.41, 5.74) is 2.17. The van der Waals surface area contributed by atoms with E-state index in [2.05, 4.69) is 4.98 Å². The Morgan fingerprint density at radius 1 is 1.12 bits per heavy atom. The summed E-state index contributed by atoms with van der Waals surface area (Å²) in [7, 11) is 1.34. The molecule has 5 aromatic rings. The van der Waals surface area contributed by atoms with Crippen LogP contribution < -0.4 is 5.56 Å². The van der Waals surface area contributed by atoms with Gasteiger partial charge in [-0.05, 0) is 36.4 Å². The van der Waals surface area contributed by atoms with Gasteiger partial charge in [-0.1, -0.05) is 23.9 Å². The number of ether oxygens (including phenoxy) is 1. The number of pyridine rings is 1. The lowest BCUT2D eigenvalue weighted by Gasteiger charge is -2.11. The van der Waals surface area contributed by atoms with Crippen molar-refractivity contribution < 1.29 is 13.9 Å². The molecular weight excluding hydrogens is 428 g/mol. The number of imidazole rings is 1. The Labute approximate surface area is 186 Å². The molecule has 9 heteroatoms. The van der Waals surface area contributed by atoms with E-state index in [1.807, 2.05) is 36.7 Å². The molecule has 0 unspecified atom stereocenters. The highest BCUT2D eigenvalue weighted by atomic mass is 32.2. The van der Waals surface area contributed by atoms with Crippen LogP contribution in [0.3, 0.4) is 0 Å². The maximum Gasteiger partial charge on any atom is 0.341 e. The van der Waals surface area contributed by atoms with Gasteiger partial charge in [0, 0.05) is 18.1 Å². The molecule has 5 rings (SSSR count). The molecule has 0 saturated carbocycles. The van der Waals surface area contributed by atoms with Crippen molar-refractivity contribution in [3.63, 3.8) is 0 Å². The largest absolute Gasteiger partial charge is 0.467 e. The van der Waals surface area contributed by atoms with Gasteiger partial charge in [0.25, 0.3) is 5.56 Å². The monoisotopic (exact) mass is 446 g/mol. The van der Waals surface area contributed by atoms with Gasteiger partial charge in [0.15, 0.2) is 10.8 Å². The van der Waals surface area contributed by atoms with Crippen molar-refractivity contribution in [3.05, 3.63) is 94.6 Å². The summed E-state index contributed by atoms with van der Waals surface area (Å²) in [5, 5.41) is 1.12. The number of aromatic nitrogens is 4. The molecule has 0 spiro atoms. The number of furan rings is 1. The number of esters is 1. The van der Waals surface area contributed by atoms with Crippen molar-refractivity contribution >= 4 is 34.3 Å². The summed E-state index contributed by atoms with van der Waals surface area (Å²) in [4.78, 5) is 34.5. The number of nitrogens with zero attached hydrogens (tertiary/aromatic N) is 4. The minimum absolute atomic E-state index is 0.127. The molecule has 0 radical (unpaired) electrons. The summed E-state index contributed by atoms with van der Waals surface area (Å²) in [6.07, 6.45) is 5.26. The fourth-order valence-electron chi connectivity index (χ4n) is 3.50. The van der Waals surface area contributed by atoms with E-state index in [-0.39, 0.29) is 12.1 Å². The first-order chi connectivity index (χ1) is 15.6. The standard InChI is InChI=1S/C23H18N4O4S/c1-30-22(29)18-8-4-10-26-12-15(24-20(18)26)14-32-23-25-19-9-3-2-7-17(19)21(28)27(23)13-16-6-5-11-31-16/h2-12H,13-14H2,1H3. The minimum atomic E-state index is -0.441. The zero-order chi connectivity index (χ0) is 22.1. The van der Waals surface area contributed by atoms with E-state index in [1.54, 1.807) is 39.5 Å². The number of carbonyl (C=O) groups excluding carboxylic acids is 1. The Kier molecular flexibility index (Phi) is 5.24. The summed E-state index contributed by atoms with van der Waals surface area (Å²) in [6.45, 7) is 0.281. The highest BCUT2D eigenvalue weighted by molar-refractivity contribution is 7.98. The molecule has 0 fully saturated rings. The van der Waals surface area contributed by atoms with Crippen molar-refractivity contribution in [2.75, 3.05) is 7.11 Å². The van der Waals surface area contributed by atoms with Gasteiger partial charge in [0.1, 0.15) is 11.3 Å². The third-order valence-corrected chi connectivity index (χ3v) is 6.02. The number of hydrogen-bond acceptors (Lipinski definition) is 7. The van der Waals surface area contributed by atoms with Gasteiger partial charge in [-0.25, -0.2) is 14.8 Å². The summed E-state index contributed by atoms with van der Waals surface area (Å²) < 4.78 is 13.7. The molecule has 0 saturated heterocycles. The van der Waals surface area contributed by atoms with Gasteiger partial charge in [-0.15, -0.1) is 0 Å². The molecule has 160 valence electrons. The van der Waals surface area contributed by atoms with E-state index in [0.717, 1.165) is 5.69 Å². The number of carbonyl (C=O) groups is 1. The van der Waals surface area contributed by atoms with Gasteiger partial charge in [-0.3, -0.25) is 9.36 Å². The topological polar surface area (TPSA) is 91.6 Å². The molecule has 0 aliphatic rings. The smallest absolute Gasteiger partial charge is 0.341 e. The number of para-hydroxylation sites is 1. The maximum atomic E-state index is 13.2. The Hall–Kier alpha value is -3.85. The molecule has 0 aliphatic heterocycles. The lowest BCUT2D eigenvalue weighted by Crippen LogP contribution is -2.23. The lowest BCUT2D eigenvalue weighted by molar-refractivity contribution is 0.0602. The quantitative estimate of drug-likeness (QED) is 0.223. The Bertz CT molecular complexity index is 1490. The molecule has 0 bridgehead atoms. The second-order valence-electron chi connectivity index (χ2n) is 7.05. The van der Waals surface area contributed by atoms with E-state index >= 15 is 0 Å². The number of benzene rings is 1. The zero-order valence-electron chi connectivity index (χ0n) is 17.1. The van der Waals surface area contributed by atoms with E-state index < -0.39 is 5.97 Å². The highest BCUT2D eigenvalue weighted by Gasteiger charge is 2.16. The van der Waals surface area contributed by atoms with Crippen molar-refractivity contribution in [2.45, 2.75) is 17.5 Å². The van der Waals surface area contributed by atoms with Gasteiger partial charge in [0.05, 0.1) is 36.5 Å². The third kappa shape index (κ3) is 3.67. The Balaban J connectivity index is 1.51. The first-order valence-electron chi connectivity index (χ1n) is 9.83. The molecule has 0 N–H and O–H groups in total. The number of methoxy groups -OCH3 is 1. The molecule has 4 aromatic heterocycles. The van der Waals surface area contributed by atoms with Crippen LogP contribution >= 0.6 is 11.8 Å². The normalized spacial score (nSPS) is 11.3. The Morgan fingerprint density at radius 3 is 2.81 bits per heavy atom. The molecule has 4 heterocycles. The van der Waals surface area contributed by atoms with Crippen molar-refractivity contribution in [1.82, 2.24) is 18.9 Å². The highest BCUT2D eigenvalue weighted by Crippen LogP contribution is 2.24. The van der Waals surface area contributed by atoms with Crippen LogP contribution in [0.15, 0.2) is 81.6 Å². The van der Waals surface area contributed by atoms with E-state index in [9.17, 15) is 9.59 Å². The molecule has 0 atom stereocenters. The van der Waals surface area contributed by atoms with Crippen LogP contribution in [0.25, 0.3) is 16.6 Å². The van der Waals surface area contributed by atoms with Crippen molar-refractivity contribution in [3.8, 4) is 0 Å². The predicted molar refractivity (Wildman–Crippen MR) is 120 cm³/mol. The van der Waals surface area contributed by atoms with Crippen molar-refractivity contribution in [1.29, 1.82) is 0 Å². The van der Waals surface area contributed by atoms with E-state index in [4.69, 9.17) is 14.1 Å². The first-order valence-corrected chi connectivity index (χ1v) is 10.8. The van der Waals surface area contributed by atoms with Crippen LogP contribution in [-0.2, 0) is 17.0 Å². The van der Waals surface area contributed by atoms with Crippen LogP contribution in [0.5, 0.6) is 0 Å². The Morgan fingerprint density at radius 2 is 2.00 bits per heavy atom. The predicted octanol–water partition coefficient (Wildman–Crippen LogP) is 3.76. The van der Waals surface area contributed by atoms with Gasteiger partial charge >= 0.3 is 5.97 Å². The summed E-state index contributed by atoms with van der Waals surface area (Å²) >= 11 is 1.40. The zero-order valence-corrected chi connectivity index (χ0v) is 17.9. The van der Waals surface area contributed by atoms with Crippen LogP contribution in [0.4, 0.5) is 0 Å². The number of hydrogen-bond donors (Lipinski definition) is 0. The van der Waals surface area contributed by atoms with Gasteiger partial charge < -0.3 is 13.6 Å². The fraction of sp³-hybridized carbons (Fsp3) is 0.130. The summed E-state index contributed by atoms with van der Waals surface area (Å²) in [5.74, 6) is 0.691. The molecule has 1 aromatic carbocycles. The molecular formula is C23H18N4O4S. The summed E-state index contributed by atoms with van der Waals surface area (Å²) in [6, 6.07) is 14.3. The lowest BCUT2D eigenvalue weighted by atomic mass is 10.2. The fourth-order valence-corrected chi connectivity index (χ4v) is 4.38. The molecule has 32 heavy (non-hydrogen) atoms. The molecule has 8 nitrogen and oxygen atoms in total. The third-order valence-electron chi connectivity index (χ3n) is 5.01. The number of fused-ring (bicyclic) bond motifs is 2. The average molecular weight is 446 g/mol. The van der Waals surface area contributed by atoms with Crippen LogP contribution in [0.2, 0.25) is 0 Å². The molecule has 0 aliphatic carbocycles. The second kappa shape index (κ2) is 8.35. The van der Waals surface area contributed by atoms with Crippen LogP contribution in [0.1, 0.15) is 21.8 Å². The SMILES string of the molecule is COC(=O)c1cccn2cc(CSc3nc4ccccc4c(=O)n3Cc3ccco3)nc12. The van der Waals surface area contributed by atoms with E-state index in [0.29, 0.717) is 38.8 Å².